The highest BCUT2D eigenvalue weighted by atomic mass is 35.5. The van der Waals surface area contributed by atoms with Gasteiger partial charge < -0.3 is 10.4 Å². The molecular formula is C16H13Cl2NO3. The fourth-order valence-electron chi connectivity index (χ4n) is 1.89. The lowest BCUT2D eigenvalue weighted by atomic mass is 10.1. The van der Waals surface area contributed by atoms with Crippen molar-refractivity contribution in [1.29, 1.82) is 0 Å². The molecule has 0 aliphatic carbocycles. The van der Waals surface area contributed by atoms with Gasteiger partial charge in [-0.2, -0.15) is 0 Å². The lowest BCUT2D eigenvalue weighted by molar-refractivity contribution is 0.0696. The van der Waals surface area contributed by atoms with Gasteiger partial charge in [0, 0.05) is 5.56 Å². The summed E-state index contributed by atoms with van der Waals surface area (Å²) in [5, 5.41) is 11.9. The van der Waals surface area contributed by atoms with E-state index in [0.717, 1.165) is 11.1 Å². The minimum atomic E-state index is -1.19. The molecule has 2 aromatic carbocycles. The van der Waals surface area contributed by atoms with Crippen molar-refractivity contribution in [1.82, 2.24) is 0 Å². The first-order valence-corrected chi connectivity index (χ1v) is 7.16. The molecule has 22 heavy (non-hydrogen) atoms. The second kappa shape index (κ2) is 6.38. The van der Waals surface area contributed by atoms with E-state index >= 15 is 0 Å². The summed E-state index contributed by atoms with van der Waals surface area (Å²) < 4.78 is 0. The standard InChI is InChI=1S/C16H13Cl2NO3/c1-8-3-4-10(5-9(8)2)15(20)19-14-6-11(16(21)22)12(17)7-13(14)18/h3-7H,1-2H3,(H,19,20)(H,21,22). The van der Waals surface area contributed by atoms with Gasteiger partial charge in [0.1, 0.15) is 0 Å². The lowest BCUT2D eigenvalue weighted by Gasteiger charge is -2.10. The van der Waals surface area contributed by atoms with Gasteiger partial charge in [0.25, 0.3) is 5.91 Å². The molecule has 0 unspecified atom stereocenters. The Labute approximate surface area is 137 Å². The minimum Gasteiger partial charge on any atom is -0.478 e. The Hall–Kier alpha value is -2.04. The number of anilines is 1. The van der Waals surface area contributed by atoms with Crippen molar-refractivity contribution in [2.75, 3.05) is 5.32 Å². The zero-order valence-corrected chi connectivity index (χ0v) is 13.4. The number of carboxylic acids is 1. The van der Waals surface area contributed by atoms with Gasteiger partial charge in [-0.05, 0) is 49.2 Å². The molecule has 0 aromatic heterocycles. The highest BCUT2D eigenvalue weighted by Crippen LogP contribution is 2.29. The molecule has 0 heterocycles. The number of nitrogens with one attached hydrogen (secondary N) is 1. The summed E-state index contributed by atoms with van der Waals surface area (Å²) in [6.07, 6.45) is 0. The predicted molar refractivity (Wildman–Crippen MR) is 87.3 cm³/mol. The van der Waals surface area contributed by atoms with Gasteiger partial charge in [-0.3, -0.25) is 4.79 Å². The van der Waals surface area contributed by atoms with Gasteiger partial charge in [-0.25, -0.2) is 4.79 Å². The predicted octanol–water partition coefficient (Wildman–Crippen LogP) is 4.56. The molecule has 0 spiro atoms. The molecule has 6 heteroatoms. The molecular weight excluding hydrogens is 325 g/mol. The van der Waals surface area contributed by atoms with Crippen molar-refractivity contribution in [3.8, 4) is 0 Å². The summed E-state index contributed by atoms with van der Waals surface area (Å²) >= 11 is 11.8. The van der Waals surface area contributed by atoms with E-state index in [0.29, 0.717) is 5.56 Å². The number of hydrogen-bond acceptors (Lipinski definition) is 2. The molecule has 0 fully saturated rings. The number of aryl methyl sites for hydroxylation is 2. The van der Waals surface area contributed by atoms with Gasteiger partial charge in [0.15, 0.2) is 0 Å². The minimum absolute atomic E-state index is 0.0154. The molecule has 114 valence electrons. The topological polar surface area (TPSA) is 66.4 Å². The van der Waals surface area contributed by atoms with Crippen LogP contribution in [-0.2, 0) is 0 Å². The summed E-state index contributed by atoms with van der Waals surface area (Å²) in [6, 6.07) is 7.83. The van der Waals surface area contributed by atoms with E-state index in [1.54, 1.807) is 12.1 Å². The van der Waals surface area contributed by atoms with Crippen LogP contribution in [0.15, 0.2) is 30.3 Å². The number of carbonyl (C=O) groups excluding carboxylic acids is 1. The van der Waals surface area contributed by atoms with Gasteiger partial charge in [0.2, 0.25) is 0 Å². The summed E-state index contributed by atoms with van der Waals surface area (Å²) in [4.78, 5) is 23.3. The first-order valence-electron chi connectivity index (χ1n) is 6.40. The van der Waals surface area contributed by atoms with Crippen LogP contribution in [0.2, 0.25) is 10.0 Å². The van der Waals surface area contributed by atoms with Crippen molar-refractivity contribution in [2.45, 2.75) is 13.8 Å². The van der Waals surface area contributed by atoms with Crippen LogP contribution in [0.1, 0.15) is 31.8 Å². The largest absolute Gasteiger partial charge is 0.478 e. The smallest absolute Gasteiger partial charge is 0.337 e. The van der Waals surface area contributed by atoms with Crippen LogP contribution in [0.25, 0.3) is 0 Å². The molecule has 0 aliphatic heterocycles. The van der Waals surface area contributed by atoms with Crippen molar-refractivity contribution in [3.63, 3.8) is 0 Å². The van der Waals surface area contributed by atoms with Crippen molar-refractivity contribution >= 4 is 40.8 Å². The normalized spacial score (nSPS) is 10.4. The highest BCUT2D eigenvalue weighted by Gasteiger charge is 2.15. The molecule has 2 aromatic rings. The monoisotopic (exact) mass is 337 g/mol. The summed E-state index contributed by atoms with van der Waals surface area (Å²) in [5.41, 5.74) is 2.61. The second-order valence-electron chi connectivity index (χ2n) is 4.87. The Balaban J connectivity index is 2.33. The molecule has 2 N–H and O–H groups in total. The van der Waals surface area contributed by atoms with Gasteiger partial charge in [-0.1, -0.05) is 29.3 Å². The van der Waals surface area contributed by atoms with E-state index in [1.807, 2.05) is 19.9 Å². The molecule has 2 rings (SSSR count). The van der Waals surface area contributed by atoms with Crippen LogP contribution in [0, 0.1) is 13.8 Å². The fourth-order valence-corrected chi connectivity index (χ4v) is 2.40. The van der Waals surface area contributed by atoms with Crippen LogP contribution in [-0.4, -0.2) is 17.0 Å². The first kappa shape index (κ1) is 16.3. The average molecular weight is 338 g/mol. The van der Waals surface area contributed by atoms with Crippen LogP contribution < -0.4 is 5.32 Å². The number of carbonyl (C=O) groups is 2. The maximum absolute atomic E-state index is 12.2. The molecule has 0 saturated heterocycles. The molecule has 1 amide bonds. The second-order valence-corrected chi connectivity index (χ2v) is 5.68. The van der Waals surface area contributed by atoms with Crippen LogP contribution in [0.4, 0.5) is 5.69 Å². The number of carboxylic acid groups (broad SMARTS) is 1. The van der Waals surface area contributed by atoms with E-state index in [-0.39, 0.29) is 27.2 Å². The third-order valence-corrected chi connectivity index (χ3v) is 3.93. The number of benzene rings is 2. The van der Waals surface area contributed by atoms with Crippen molar-refractivity contribution in [2.24, 2.45) is 0 Å². The number of rotatable bonds is 3. The van der Waals surface area contributed by atoms with E-state index in [4.69, 9.17) is 28.3 Å². The average Bonchev–Trinajstić information content (AvgIpc) is 2.44. The third kappa shape index (κ3) is 3.40. The molecule has 4 nitrogen and oxygen atoms in total. The zero-order valence-electron chi connectivity index (χ0n) is 11.9. The first-order chi connectivity index (χ1) is 10.3. The third-order valence-electron chi connectivity index (χ3n) is 3.30. The Morgan fingerprint density at radius 3 is 2.27 bits per heavy atom. The highest BCUT2D eigenvalue weighted by molar-refractivity contribution is 6.38. The molecule has 0 atom stereocenters. The van der Waals surface area contributed by atoms with Crippen molar-refractivity contribution in [3.05, 3.63) is 62.6 Å². The number of hydrogen-bond donors (Lipinski definition) is 2. The van der Waals surface area contributed by atoms with Gasteiger partial charge in [0.05, 0.1) is 21.3 Å². The quantitative estimate of drug-likeness (QED) is 0.862. The Morgan fingerprint density at radius 2 is 1.68 bits per heavy atom. The molecule has 0 saturated carbocycles. The molecule has 0 bridgehead atoms. The number of amides is 1. The summed E-state index contributed by atoms with van der Waals surface area (Å²) in [7, 11) is 0. The van der Waals surface area contributed by atoms with Crippen LogP contribution >= 0.6 is 23.2 Å². The van der Waals surface area contributed by atoms with Crippen LogP contribution in [0.5, 0.6) is 0 Å². The maximum Gasteiger partial charge on any atom is 0.337 e. The SMILES string of the molecule is Cc1ccc(C(=O)Nc2cc(C(=O)O)c(Cl)cc2Cl)cc1C. The van der Waals surface area contributed by atoms with Gasteiger partial charge >= 0.3 is 5.97 Å². The lowest BCUT2D eigenvalue weighted by Crippen LogP contribution is -2.13. The Bertz CT molecular complexity index is 772. The molecule has 0 aliphatic rings. The number of aromatic carboxylic acids is 1. The fraction of sp³-hybridized carbons (Fsp3) is 0.125. The summed E-state index contributed by atoms with van der Waals surface area (Å²) in [6.45, 7) is 3.86. The van der Waals surface area contributed by atoms with Gasteiger partial charge in [-0.15, -0.1) is 0 Å². The number of halogens is 2. The van der Waals surface area contributed by atoms with E-state index in [2.05, 4.69) is 5.32 Å². The van der Waals surface area contributed by atoms with Crippen molar-refractivity contribution < 1.29 is 14.7 Å². The van der Waals surface area contributed by atoms with E-state index in [1.165, 1.54) is 12.1 Å². The zero-order chi connectivity index (χ0) is 16.4. The Kier molecular flexibility index (Phi) is 4.74. The summed E-state index contributed by atoms with van der Waals surface area (Å²) in [5.74, 6) is -1.56. The molecule has 0 radical (unpaired) electrons. The maximum atomic E-state index is 12.2. The Morgan fingerprint density at radius 1 is 1.00 bits per heavy atom. The van der Waals surface area contributed by atoms with E-state index < -0.39 is 5.97 Å². The van der Waals surface area contributed by atoms with E-state index in [9.17, 15) is 9.59 Å². The van der Waals surface area contributed by atoms with Crippen LogP contribution in [0.3, 0.4) is 0 Å².